The summed E-state index contributed by atoms with van der Waals surface area (Å²) in [5, 5.41) is 0. The molecule has 0 aliphatic rings. The highest BCUT2D eigenvalue weighted by Crippen LogP contribution is 2.16. The first-order chi connectivity index (χ1) is 35.0. The van der Waals surface area contributed by atoms with Gasteiger partial charge in [0.2, 0.25) is 0 Å². The minimum atomic E-state index is -0.787. The monoisotopic (exact) mass is 991 g/mol. The quantitative estimate of drug-likeness (QED) is 0.0261. The van der Waals surface area contributed by atoms with Crippen molar-refractivity contribution in [2.75, 3.05) is 13.2 Å². The molecule has 0 aromatic heterocycles. The van der Waals surface area contributed by atoms with Crippen molar-refractivity contribution >= 4 is 17.9 Å². The van der Waals surface area contributed by atoms with E-state index < -0.39 is 6.10 Å². The molecule has 0 spiro atoms. The second-order valence-electron chi connectivity index (χ2n) is 20.2. The number of allylic oxidation sites excluding steroid dienone is 12. The van der Waals surface area contributed by atoms with Crippen molar-refractivity contribution in [3.05, 3.63) is 72.9 Å². The summed E-state index contributed by atoms with van der Waals surface area (Å²) in [5.74, 6) is -0.897. The van der Waals surface area contributed by atoms with Gasteiger partial charge in [0, 0.05) is 19.3 Å². The number of hydrogen-bond acceptors (Lipinski definition) is 6. The molecule has 6 heteroatoms. The minimum absolute atomic E-state index is 0.0829. The van der Waals surface area contributed by atoms with Gasteiger partial charge in [0.15, 0.2) is 6.10 Å². The van der Waals surface area contributed by atoms with Crippen LogP contribution in [0.3, 0.4) is 0 Å². The molecule has 0 amide bonds. The Morgan fingerprint density at radius 3 is 0.859 bits per heavy atom. The lowest BCUT2D eigenvalue weighted by atomic mass is 10.0. The molecular weight excluding hydrogens is 877 g/mol. The van der Waals surface area contributed by atoms with Gasteiger partial charge in [-0.25, -0.2) is 0 Å². The van der Waals surface area contributed by atoms with Gasteiger partial charge in [-0.3, -0.25) is 14.4 Å². The third-order valence-corrected chi connectivity index (χ3v) is 13.2. The van der Waals surface area contributed by atoms with Crippen molar-refractivity contribution in [1.82, 2.24) is 0 Å². The van der Waals surface area contributed by atoms with E-state index in [1.165, 1.54) is 161 Å². The van der Waals surface area contributed by atoms with E-state index in [9.17, 15) is 14.4 Å². The summed E-state index contributed by atoms with van der Waals surface area (Å²) in [4.78, 5) is 38.2. The van der Waals surface area contributed by atoms with Gasteiger partial charge in [-0.05, 0) is 89.9 Å². The summed E-state index contributed by atoms with van der Waals surface area (Å²) < 4.78 is 16.9. The molecule has 0 rings (SSSR count). The van der Waals surface area contributed by atoms with Gasteiger partial charge >= 0.3 is 17.9 Å². The zero-order chi connectivity index (χ0) is 51.4. The highest BCUT2D eigenvalue weighted by molar-refractivity contribution is 5.71. The summed E-state index contributed by atoms with van der Waals surface area (Å²) in [6.45, 7) is 6.51. The lowest BCUT2D eigenvalue weighted by Crippen LogP contribution is -2.30. The van der Waals surface area contributed by atoms with Crippen molar-refractivity contribution in [2.45, 2.75) is 309 Å². The number of carbonyl (C=O) groups excluding carboxylic acids is 3. The normalized spacial score (nSPS) is 12.5. The minimum Gasteiger partial charge on any atom is -0.462 e. The fourth-order valence-electron chi connectivity index (χ4n) is 8.64. The van der Waals surface area contributed by atoms with Crippen LogP contribution >= 0.6 is 0 Å². The summed E-state index contributed by atoms with van der Waals surface area (Å²) in [6, 6.07) is 0. The van der Waals surface area contributed by atoms with Crippen LogP contribution in [0, 0.1) is 0 Å². The largest absolute Gasteiger partial charge is 0.462 e. The topological polar surface area (TPSA) is 78.9 Å². The molecule has 0 aliphatic heterocycles. The van der Waals surface area contributed by atoms with Gasteiger partial charge in [0.25, 0.3) is 0 Å². The molecule has 0 fully saturated rings. The van der Waals surface area contributed by atoms with E-state index in [4.69, 9.17) is 14.2 Å². The number of esters is 3. The summed E-state index contributed by atoms with van der Waals surface area (Å²) in [5.41, 5.74) is 0. The molecule has 0 saturated heterocycles. The first-order valence-electron chi connectivity index (χ1n) is 30.4. The van der Waals surface area contributed by atoms with Crippen LogP contribution in [0.25, 0.3) is 0 Å². The Balaban J connectivity index is 4.28. The number of ether oxygens (including phenoxy) is 3. The number of unbranched alkanes of at least 4 members (excludes halogenated alkanes) is 32. The average Bonchev–Trinajstić information content (AvgIpc) is 3.37. The molecule has 0 radical (unpaired) electrons. The van der Waals surface area contributed by atoms with Gasteiger partial charge in [0.05, 0.1) is 0 Å². The lowest BCUT2D eigenvalue weighted by molar-refractivity contribution is -0.167. The second-order valence-corrected chi connectivity index (χ2v) is 20.2. The maximum Gasteiger partial charge on any atom is 0.306 e. The van der Waals surface area contributed by atoms with Crippen molar-refractivity contribution < 1.29 is 28.6 Å². The standard InChI is InChI=1S/C65H114O6/c1-4-7-10-13-16-19-22-24-26-28-29-30-31-32-33-34-35-37-38-40-43-46-49-52-55-58-64(67)70-61-62(60-69-63(66)57-54-51-48-45-42-21-18-15-12-9-6-3)71-65(68)59-56-53-50-47-44-41-39-36-27-25-23-20-17-14-11-8-5-2/h8,11,17,20,22,24-25,27-29,39,41,62H,4-7,9-10,12-16,18-19,21,23,26,30-38,40,42-61H2,1-3H3/b11-8-,20-17-,24-22-,27-25-,29-28-,41-39-. The van der Waals surface area contributed by atoms with Crippen LogP contribution in [-0.2, 0) is 28.6 Å². The molecule has 0 aromatic rings. The predicted molar refractivity (Wildman–Crippen MR) is 307 cm³/mol. The van der Waals surface area contributed by atoms with Crippen LogP contribution < -0.4 is 0 Å². The van der Waals surface area contributed by atoms with E-state index >= 15 is 0 Å². The van der Waals surface area contributed by atoms with E-state index in [0.717, 1.165) is 103 Å². The third kappa shape index (κ3) is 57.6. The molecule has 0 saturated carbocycles. The van der Waals surface area contributed by atoms with E-state index in [2.05, 4.69) is 93.7 Å². The van der Waals surface area contributed by atoms with E-state index in [0.29, 0.717) is 19.3 Å². The first kappa shape index (κ1) is 67.8. The summed E-state index contributed by atoms with van der Waals surface area (Å²) in [6.07, 6.45) is 76.2. The van der Waals surface area contributed by atoms with Crippen LogP contribution in [0.1, 0.15) is 303 Å². The molecule has 0 heterocycles. The fourth-order valence-corrected chi connectivity index (χ4v) is 8.64. The highest BCUT2D eigenvalue weighted by Gasteiger charge is 2.19. The van der Waals surface area contributed by atoms with E-state index in [1.54, 1.807) is 0 Å². The van der Waals surface area contributed by atoms with Crippen LogP contribution in [0.15, 0.2) is 72.9 Å². The SMILES string of the molecule is CC/C=C\C/C=C\C/C=C\C/C=C\CCCCCCC(=O)OC(COC(=O)CCCCCCCCCCCCC)COC(=O)CCCCCCCCCCCCCCC/C=C\C/C=C\CCCCCCC. The Morgan fingerprint density at radius 1 is 0.296 bits per heavy atom. The summed E-state index contributed by atoms with van der Waals surface area (Å²) in [7, 11) is 0. The molecule has 71 heavy (non-hydrogen) atoms. The van der Waals surface area contributed by atoms with Crippen molar-refractivity contribution in [3.63, 3.8) is 0 Å². The Bertz CT molecular complexity index is 1320. The van der Waals surface area contributed by atoms with Gasteiger partial charge < -0.3 is 14.2 Å². The van der Waals surface area contributed by atoms with Crippen LogP contribution in [0.5, 0.6) is 0 Å². The Labute approximate surface area is 440 Å². The fraction of sp³-hybridized carbons (Fsp3) is 0.769. The molecule has 6 nitrogen and oxygen atoms in total. The number of hydrogen-bond donors (Lipinski definition) is 0. The molecule has 0 aliphatic carbocycles. The van der Waals surface area contributed by atoms with Crippen molar-refractivity contribution in [2.24, 2.45) is 0 Å². The molecule has 0 N–H and O–H groups in total. The second kappa shape index (κ2) is 59.4. The van der Waals surface area contributed by atoms with Crippen molar-refractivity contribution in [1.29, 1.82) is 0 Å². The maximum absolute atomic E-state index is 12.9. The molecule has 410 valence electrons. The van der Waals surface area contributed by atoms with Crippen LogP contribution in [0.4, 0.5) is 0 Å². The first-order valence-corrected chi connectivity index (χ1v) is 30.4. The van der Waals surface area contributed by atoms with Gasteiger partial charge in [-0.1, -0.05) is 267 Å². The molecule has 0 bridgehead atoms. The number of rotatable bonds is 55. The zero-order valence-corrected chi connectivity index (χ0v) is 47.0. The third-order valence-electron chi connectivity index (χ3n) is 13.2. The van der Waals surface area contributed by atoms with Gasteiger partial charge in [-0.2, -0.15) is 0 Å². The Kier molecular flexibility index (Phi) is 56.8. The van der Waals surface area contributed by atoms with E-state index in [-0.39, 0.29) is 31.1 Å². The predicted octanol–water partition coefficient (Wildman–Crippen LogP) is 20.5. The van der Waals surface area contributed by atoms with E-state index in [1.807, 2.05) is 0 Å². The Hall–Kier alpha value is -3.15. The Morgan fingerprint density at radius 2 is 0.549 bits per heavy atom. The zero-order valence-electron chi connectivity index (χ0n) is 47.0. The average molecular weight is 992 g/mol. The van der Waals surface area contributed by atoms with Crippen LogP contribution in [0.2, 0.25) is 0 Å². The van der Waals surface area contributed by atoms with Crippen molar-refractivity contribution in [3.8, 4) is 0 Å². The maximum atomic E-state index is 12.9. The van der Waals surface area contributed by atoms with Gasteiger partial charge in [-0.15, -0.1) is 0 Å². The smallest absolute Gasteiger partial charge is 0.306 e. The van der Waals surface area contributed by atoms with Gasteiger partial charge in [0.1, 0.15) is 13.2 Å². The number of carbonyl (C=O) groups is 3. The summed E-state index contributed by atoms with van der Waals surface area (Å²) >= 11 is 0. The molecule has 1 unspecified atom stereocenters. The highest BCUT2D eigenvalue weighted by atomic mass is 16.6. The molecule has 1 atom stereocenters. The van der Waals surface area contributed by atoms with Crippen LogP contribution in [-0.4, -0.2) is 37.2 Å². The molecule has 0 aromatic carbocycles. The lowest BCUT2D eigenvalue weighted by Gasteiger charge is -2.18. The molecular formula is C65H114O6.